The van der Waals surface area contributed by atoms with E-state index in [0.717, 1.165) is 12.1 Å². The average molecular weight is 585 g/mol. The van der Waals surface area contributed by atoms with E-state index in [1.807, 2.05) is 0 Å². The summed E-state index contributed by atoms with van der Waals surface area (Å²) in [5, 5.41) is 2.78. The second-order valence-corrected chi connectivity index (χ2v) is 10.6. The summed E-state index contributed by atoms with van der Waals surface area (Å²) in [6.45, 7) is 3.15. The van der Waals surface area contributed by atoms with Gasteiger partial charge in [0.25, 0.3) is 15.9 Å². The molecule has 15 heteroatoms. The van der Waals surface area contributed by atoms with Gasteiger partial charge in [-0.3, -0.25) is 14.1 Å². The van der Waals surface area contributed by atoms with Crippen molar-refractivity contribution in [1.82, 2.24) is 24.5 Å². The van der Waals surface area contributed by atoms with Crippen LogP contribution < -0.4 is 15.8 Å². The number of carbonyl (C=O) groups excluding carboxylic acids is 1. The molecule has 0 fully saturated rings. The van der Waals surface area contributed by atoms with Gasteiger partial charge in [-0.25, -0.2) is 37.1 Å². The Morgan fingerprint density at radius 2 is 1.82 bits per heavy atom. The number of nitrogens with zero attached hydrogens (tertiary/aromatic N) is 5. The van der Waals surface area contributed by atoms with E-state index >= 15 is 4.39 Å². The Kier molecular flexibility index (Phi) is 6.81. The minimum atomic E-state index is -4.27. The number of nitrogens with one attached hydrogen (secondary N) is 2. The number of amides is 1. The lowest BCUT2D eigenvalue weighted by Gasteiger charge is -2.15. The van der Waals surface area contributed by atoms with Crippen LogP contribution in [0.3, 0.4) is 0 Å². The van der Waals surface area contributed by atoms with E-state index in [0.29, 0.717) is 17.2 Å². The van der Waals surface area contributed by atoms with Gasteiger partial charge in [0.15, 0.2) is 11.6 Å². The van der Waals surface area contributed by atoms with Crippen LogP contribution in [0.15, 0.2) is 59.9 Å². The number of primary amides is 1. The maximum Gasteiger partial charge on any atom is 0.268 e. The van der Waals surface area contributed by atoms with Crippen LogP contribution in [0, 0.1) is 25.5 Å². The molecule has 0 aliphatic heterocycles. The minimum absolute atomic E-state index is 0.0263. The monoisotopic (exact) mass is 584 g/mol. The van der Waals surface area contributed by atoms with Crippen molar-refractivity contribution in [2.45, 2.75) is 18.7 Å². The number of pyridine rings is 1. The van der Waals surface area contributed by atoms with Gasteiger partial charge >= 0.3 is 0 Å². The van der Waals surface area contributed by atoms with Crippen molar-refractivity contribution in [1.29, 1.82) is 0 Å². The van der Waals surface area contributed by atoms with Crippen LogP contribution in [0.1, 0.15) is 21.9 Å². The molecule has 40 heavy (non-hydrogen) atoms. The highest BCUT2D eigenvalue weighted by atomic mass is 35.5. The van der Waals surface area contributed by atoms with Crippen LogP contribution in [0.4, 0.5) is 26.0 Å². The van der Waals surface area contributed by atoms with Gasteiger partial charge in [0.05, 0.1) is 16.1 Å². The number of anilines is 3. The number of halogens is 3. The van der Waals surface area contributed by atoms with Gasteiger partial charge in [-0.05, 0) is 55.8 Å². The predicted octanol–water partition coefficient (Wildman–Crippen LogP) is 4.40. The summed E-state index contributed by atoms with van der Waals surface area (Å²) < 4.78 is 60.0. The van der Waals surface area contributed by atoms with E-state index < -0.39 is 38.9 Å². The normalized spacial score (nSPS) is 11.5. The van der Waals surface area contributed by atoms with Gasteiger partial charge in [-0.1, -0.05) is 17.7 Å². The number of hydrogen-bond donors (Lipinski definition) is 3. The summed E-state index contributed by atoms with van der Waals surface area (Å²) in [5.74, 6) is -2.30. The Balaban J connectivity index is 1.54. The van der Waals surface area contributed by atoms with Crippen LogP contribution in [-0.2, 0) is 10.0 Å². The number of benzene rings is 2. The third-order valence-electron chi connectivity index (χ3n) is 5.94. The highest BCUT2D eigenvalue weighted by molar-refractivity contribution is 7.92. The van der Waals surface area contributed by atoms with Crippen molar-refractivity contribution in [2.75, 3.05) is 10.0 Å². The molecule has 5 aromatic rings. The fraction of sp³-hybridized carbons (Fsp3) is 0.0800. The molecule has 1 amide bonds. The molecule has 0 aliphatic rings. The van der Waals surface area contributed by atoms with Crippen molar-refractivity contribution in [3.05, 3.63) is 88.7 Å². The second kappa shape index (κ2) is 10.1. The first kappa shape index (κ1) is 26.9. The SMILES string of the molecule is Cc1c(Cl)cccc1S(=O)(=O)Nc1ccc(F)c(Nc2ncnc3ccc(-n4cc(C(N)=O)nc4C)nc23)c1F. The summed E-state index contributed by atoms with van der Waals surface area (Å²) in [5.41, 5.74) is 4.89. The molecule has 204 valence electrons. The van der Waals surface area contributed by atoms with Gasteiger partial charge < -0.3 is 11.1 Å². The lowest BCUT2D eigenvalue weighted by molar-refractivity contribution is 0.0996. The summed E-state index contributed by atoms with van der Waals surface area (Å²) in [6, 6.07) is 9.34. The topological polar surface area (TPSA) is 158 Å². The first-order valence-corrected chi connectivity index (χ1v) is 13.3. The van der Waals surface area contributed by atoms with E-state index in [9.17, 15) is 17.6 Å². The van der Waals surface area contributed by atoms with Crippen LogP contribution in [0.25, 0.3) is 16.9 Å². The molecule has 3 heterocycles. The number of imidazole rings is 1. The van der Waals surface area contributed by atoms with Crippen molar-refractivity contribution >= 4 is 55.8 Å². The van der Waals surface area contributed by atoms with Crippen molar-refractivity contribution in [2.24, 2.45) is 5.73 Å². The van der Waals surface area contributed by atoms with E-state index in [4.69, 9.17) is 17.3 Å². The van der Waals surface area contributed by atoms with Crippen LogP contribution in [0.5, 0.6) is 0 Å². The van der Waals surface area contributed by atoms with E-state index in [1.165, 1.54) is 42.2 Å². The fourth-order valence-corrected chi connectivity index (χ4v) is 5.48. The maximum absolute atomic E-state index is 15.5. The van der Waals surface area contributed by atoms with E-state index in [-0.39, 0.29) is 32.5 Å². The third kappa shape index (κ3) is 4.89. The summed E-state index contributed by atoms with van der Waals surface area (Å²) in [4.78, 5) is 28.2. The van der Waals surface area contributed by atoms with Crippen LogP contribution >= 0.6 is 11.6 Å². The van der Waals surface area contributed by atoms with Crippen LogP contribution in [-0.4, -0.2) is 38.8 Å². The number of nitrogens with two attached hydrogens (primary N) is 1. The summed E-state index contributed by atoms with van der Waals surface area (Å²) in [6.07, 6.45) is 2.57. The zero-order valence-corrected chi connectivity index (χ0v) is 22.3. The van der Waals surface area contributed by atoms with Gasteiger partial charge in [0.1, 0.15) is 40.7 Å². The molecule has 0 radical (unpaired) electrons. The molecule has 0 bridgehead atoms. The van der Waals surface area contributed by atoms with Gasteiger partial charge in [0.2, 0.25) is 0 Å². The number of rotatable bonds is 7. The number of hydrogen-bond acceptors (Lipinski definition) is 8. The standard InChI is InChI=1S/C25H19ClF2N8O3S/c1-12-14(26)4-3-5-19(12)40(38,39)35-16-7-6-15(27)22(21(16)28)34-25-23-17(30-11-31-25)8-9-20(33-23)36-10-18(24(29)37)32-13(36)2/h3-11,35H,1-2H3,(H2,29,37)(H,30,31,34). The quantitative estimate of drug-likeness (QED) is 0.254. The number of aromatic nitrogens is 5. The number of aryl methyl sites for hydroxylation is 1. The average Bonchev–Trinajstić information content (AvgIpc) is 3.31. The first-order chi connectivity index (χ1) is 19.0. The Morgan fingerprint density at radius 3 is 2.55 bits per heavy atom. The molecule has 3 aromatic heterocycles. The molecule has 0 saturated heterocycles. The molecule has 0 aliphatic carbocycles. The molecule has 5 rings (SSSR count). The summed E-state index contributed by atoms with van der Waals surface area (Å²) in [7, 11) is -4.27. The molecule has 0 saturated carbocycles. The van der Waals surface area contributed by atoms with Crippen molar-refractivity contribution in [3.8, 4) is 5.82 Å². The fourth-order valence-electron chi connectivity index (χ4n) is 3.92. The van der Waals surface area contributed by atoms with Gasteiger partial charge in [-0.15, -0.1) is 0 Å². The Bertz CT molecular complexity index is 1930. The summed E-state index contributed by atoms with van der Waals surface area (Å²) >= 11 is 6.04. The van der Waals surface area contributed by atoms with Crippen LogP contribution in [0.2, 0.25) is 5.02 Å². The van der Waals surface area contributed by atoms with Gasteiger partial charge in [-0.2, -0.15) is 0 Å². The largest absolute Gasteiger partial charge is 0.364 e. The lowest BCUT2D eigenvalue weighted by Crippen LogP contribution is -2.16. The zero-order valence-electron chi connectivity index (χ0n) is 20.8. The molecule has 11 nitrogen and oxygen atoms in total. The van der Waals surface area contributed by atoms with Crippen molar-refractivity contribution in [3.63, 3.8) is 0 Å². The van der Waals surface area contributed by atoms with E-state index in [2.05, 4.69) is 30.0 Å². The van der Waals surface area contributed by atoms with Crippen molar-refractivity contribution < 1.29 is 22.0 Å². The lowest BCUT2D eigenvalue weighted by atomic mass is 10.2. The predicted molar refractivity (Wildman–Crippen MR) is 144 cm³/mol. The molecule has 0 unspecified atom stereocenters. The number of fused-ring (bicyclic) bond motifs is 1. The number of carbonyl (C=O) groups is 1. The zero-order chi connectivity index (χ0) is 28.8. The minimum Gasteiger partial charge on any atom is -0.364 e. The first-order valence-electron chi connectivity index (χ1n) is 11.5. The molecule has 0 spiro atoms. The third-order valence-corrected chi connectivity index (χ3v) is 7.85. The molecule has 4 N–H and O–H groups in total. The molecule has 0 atom stereocenters. The number of sulfonamides is 1. The molecular formula is C25H19ClF2N8O3S. The van der Waals surface area contributed by atoms with Gasteiger partial charge in [0, 0.05) is 11.2 Å². The maximum atomic E-state index is 15.5. The van der Waals surface area contributed by atoms with E-state index in [1.54, 1.807) is 19.1 Å². The highest BCUT2D eigenvalue weighted by Gasteiger charge is 2.23. The highest BCUT2D eigenvalue weighted by Crippen LogP contribution is 2.32. The Labute approximate surface area is 231 Å². The molecule has 2 aromatic carbocycles. The second-order valence-electron chi connectivity index (χ2n) is 8.54. The Hall–Kier alpha value is -4.69. The molecular weight excluding hydrogens is 566 g/mol. The smallest absolute Gasteiger partial charge is 0.268 e. The Morgan fingerprint density at radius 1 is 1.05 bits per heavy atom.